The van der Waals surface area contributed by atoms with E-state index in [1.54, 1.807) is 18.2 Å². The molecule has 1 aliphatic heterocycles. The minimum absolute atomic E-state index is 0.0112. The van der Waals surface area contributed by atoms with Gasteiger partial charge in [0.25, 0.3) is 5.56 Å². The van der Waals surface area contributed by atoms with Crippen LogP contribution in [0, 0.1) is 0 Å². The molecule has 0 spiro atoms. The highest BCUT2D eigenvalue weighted by Gasteiger charge is 2.30. The minimum atomic E-state index is -4.10. The number of aryl methyl sites for hydroxylation is 1. The van der Waals surface area contributed by atoms with Crippen molar-refractivity contribution < 1.29 is 17.9 Å². The maximum Gasteiger partial charge on any atom is 0.330 e. The van der Waals surface area contributed by atoms with Crippen LogP contribution >= 0.6 is 0 Å². The van der Waals surface area contributed by atoms with E-state index in [1.807, 2.05) is 6.07 Å². The lowest BCUT2D eigenvalue weighted by molar-refractivity contribution is 0.0798. The third-order valence-electron chi connectivity index (χ3n) is 4.13. The minimum Gasteiger partial charge on any atom is -0.486 e. The molecule has 140 valence electrons. The van der Waals surface area contributed by atoms with Gasteiger partial charge >= 0.3 is 5.69 Å². The molecule has 0 N–H and O–H groups in total. The van der Waals surface area contributed by atoms with Crippen LogP contribution in [0.4, 0.5) is 0 Å². The van der Waals surface area contributed by atoms with Crippen molar-refractivity contribution in [1.82, 2.24) is 13.4 Å². The van der Waals surface area contributed by atoms with Gasteiger partial charge in [-0.3, -0.25) is 9.36 Å². The van der Waals surface area contributed by atoms with Crippen LogP contribution in [-0.2, 0) is 24.1 Å². The van der Waals surface area contributed by atoms with E-state index in [9.17, 15) is 18.0 Å². The highest BCUT2D eigenvalue weighted by Crippen LogP contribution is 2.31. The summed E-state index contributed by atoms with van der Waals surface area (Å²) >= 11 is 0. The molecule has 2 heterocycles. The van der Waals surface area contributed by atoms with E-state index >= 15 is 0 Å². The molecular formula is C16H19N3O6S. The van der Waals surface area contributed by atoms with Gasteiger partial charge in [0.1, 0.15) is 12.7 Å². The second-order valence-corrected chi connectivity index (χ2v) is 8.05. The van der Waals surface area contributed by atoms with Crippen LogP contribution in [0.1, 0.15) is 0 Å². The van der Waals surface area contributed by atoms with E-state index in [0.717, 1.165) is 19.6 Å². The molecule has 0 fully saturated rings. The van der Waals surface area contributed by atoms with Crippen molar-refractivity contribution in [2.75, 3.05) is 20.2 Å². The second-order valence-electron chi connectivity index (χ2n) is 6.03. The molecule has 1 unspecified atom stereocenters. The van der Waals surface area contributed by atoms with Crippen molar-refractivity contribution in [2.24, 2.45) is 14.1 Å². The van der Waals surface area contributed by atoms with Crippen molar-refractivity contribution in [3.8, 4) is 11.5 Å². The maximum absolute atomic E-state index is 12.8. The van der Waals surface area contributed by atoms with Gasteiger partial charge in [-0.25, -0.2) is 13.2 Å². The molecule has 1 aromatic heterocycles. The fraction of sp³-hybridized carbons (Fsp3) is 0.375. The summed E-state index contributed by atoms with van der Waals surface area (Å²) in [4.78, 5) is 23.5. The van der Waals surface area contributed by atoms with E-state index in [1.165, 1.54) is 21.1 Å². The lowest BCUT2D eigenvalue weighted by atomic mass is 10.2. The number of benzene rings is 1. The Morgan fingerprint density at radius 1 is 1.19 bits per heavy atom. The molecule has 0 radical (unpaired) electrons. The Kier molecular flexibility index (Phi) is 4.63. The lowest BCUT2D eigenvalue weighted by Gasteiger charge is -2.29. The number of hydrogen-bond acceptors (Lipinski definition) is 6. The molecule has 2 aromatic rings. The van der Waals surface area contributed by atoms with Crippen LogP contribution in [0.2, 0.25) is 0 Å². The number of sulfonamides is 1. The van der Waals surface area contributed by atoms with Crippen LogP contribution in [0.25, 0.3) is 0 Å². The summed E-state index contributed by atoms with van der Waals surface area (Å²) in [5.74, 6) is 1.13. The third-order valence-corrected chi connectivity index (χ3v) is 5.94. The fourth-order valence-electron chi connectivity index (χ4n) is 2.66. The molecule has 0 bridgehead atoms. The molecule has 1 aromatic carbocycles. The van der Waals surface area contributed by atoms with Crippen LogP contribution in [-0.4, -0.2) is 48.2 Å². The summed E-state index contributed by atoms with van der Waals surface area (Å²) in [5, 5.41) is 0. The summed E-state index contributed by atoms with van der Waals surface area (Å²) in [6, 6.07) is 7.10. The molecule has 0 saturated carbocycles. The largest absolute Gasteiger partial charge is 0.486 e. The standard InChI is InChI=1S/C16H19N3O6S/c1-17-9-14(15(20)19(3)16(17)21)26(22,23)18(2)8-11-10-24-12-6-4-5-7-13(12)25-11/h4-7,9,11H,8,10H2,1-3H3. The molecule has 3 rings (SSSR count). The molecule has 1 aliphatic rings. The Labute approximate surface area is 150 Å². The first kappa shape index (κ1) is 18.2. The summed E-state index contributed by atoms with van der Waals surface area (Å²) in [5.41, 5.74) is -1.47. The number of likely N-dealkylation sites (N-methyl/N-ethyl adjacent to an activating group) is 1. The van der Waals surface area contributed by atoms with Crippen molar-refractivity contribution in [2.45, 2.75) is 11.0 Å². The van der Waals surface area contributed by atoms with Gasteiger partial charge in [-0.1, -0.05) is 12.1 Å². The van der Waals surface area contributed by atoms with Crippen LogP contribution in [0.5, 0.6) is 11.5 Å². The summed E-state index contributed by atoms with van der Waals surface area (Å²) in [6.45, 7) is 0.171. The number of ether oxygens (including phenoxy) is 2. The molecule has 26 heavy (non-hydrogen) atoms. The van der Waals surface area contributed by atoms with Gasteiger partial charge < -0.3 is 14.0 Å². The molecule has 0 aliphatic carbocycles. The zero-order valence-electron chi connectivity index (χ0n) is 14.6. The van der Waals surface area contributed by atoms with Crippen molar-refractivity contribution in [1.29, 1.82) is 0 Å². The Bertz CT molecular complexity index is 1060. The topological polar surface area (TPSA) is 99.8 Å². The Balaban J connectivity index is 1.85. The van der Waals surface area contributed by atoms with Gasteiger partial charge in [0.15, 0.2) is 16.4 Å². The predicted octanol–water partition coefficient (Wildman–Crippen LogP) is -0.455. The van der Waals surface area contributed by atoms with Crippen molar-refractivity contribution >= 4 is 10.0 Å². The average Bonchev–Trinajstić information content (AvgIpc) is 2.62. The molecule has 9 nitrogen and oxygen atoms in total. The van der Waals surface area contributed by atoms with Crippen LogP contribution in [0.3, 0.4) is 0 Å². The van der Waals surface area contributed by atoms with Crippen molar-refractivity contribution in [3.05, 3.63) is 51.3 Å². The van der Waals surface area contributed by atoms with Gasteiger partial charge in [-0.2, -0.15) is 4.31 Å². The zero-order chi connectivity index (χ0) is 19.1. The highest BCUT2D eigenvalue weighted by molar-refractivity contribution is 7.89. The monoisotopic (exact) mass is 381 g/mol. The predicted molar refractivity (Wildman–Crippen MR) is 93.1 cm³/mol. The average molecular weight is 381 g/mol. The molecular weight excluding hydrogens is 362 g/mol. The third kappa shape index (κ3) is 3.13. The Morgan fingerprint density at radius 3 is 2.54 bits per heavy atom. The SMILES string of the molecule is CN(CC1COc2ccccc2O1)S(=O)(=O)c1cn(C)c(=O)n(C)c1=O. The van der Waals surface area contributed by atoms with Crippen LogP contribution < -0.4 is 20.7 Å². The van der Waals surface area contributed by atoms with Crippen molar-refractivity contribution in [3.63, 3.8) is 0 Å². The zero-order valence-corrected chi connectivity index (χ0v) is 15.4. The van der Waals surface area contributed by atoms with E-state index in [-0.39, 0.29) is 13.2 Å². The molecule has 1 atom stereocenters. The number of para-hydroxylation sites is 2. The fourth-order valence-corrected chi connectivity index (χ4v) is 4.01. The van der Waals surface area contributed by atoms with Gasteiger partial charge in [0, 0.05) is 27.3 Å². The summed E-state index contributed by atoms with van der Waals surface area (Å²) in [7, 11) is -0.133. The second kappa shape index (κ2) is 6.61. The number of nitrogens with zero attached hydrogens (tertiary/aromatic N) is 3. The summed E-state index contributed by atoms with van der Waals surface area (Å²) in [6.07, 6.45) is 0.505. The highest BCUT2D eigenvalue weighted by atomic mass is 32.2. The van der Waals surface area contributed by atoms with E-state index in [4.69, 9.17) is 9.47 Å². The number of fused-ring (bicyclic) bond motifs is 1. The number of rotatable bonds is 4. The van der Waals surface area contributed by atoms with E-state index in [2.05, 4.69) is 0 Å². The molecule has 0 saturated heterocycles. The number of aromatic nitrogens is 2. The lowest BCUT2D eigenvalue weighted by Crippen LogP contribution is -2.45. The molecule has 10 heteroatoms. The first-order valence-electron chi connectivity index (χ1n) is 7.83. The van der Waals surface area contributed by atoms with Gasteiger partial charge in [0.05, 0.1) is 6.54 Å². The summed E-state index contributed by atoms with van der Waals surface area (Å²) < 4.78 is 39.8. The van der Waals surface area contributed by atoms with Gasteiger partial charge in [0.2, 0.25) is 10.0 Å². The van der Waals surface area contributed by atoms with Crippen LogP contribution in [0.15, 0.2) is 44.9 Å². The normalized spacial score (nSPS) is 16.7. The Morgan fingerprint density at radius 2 is 1.85 bits per heavy atom. The Hall–Kier alpha value is -2.59. The first-order valence-corrected chi connectivity index (χ1v) is 9.27. The maximum atomic E-state index is 12.8. The smallest absolute Gasteiger partial charge is 0.330 e. The molecule has 0 amide bonds. The first-order chi connectivity index (χ1) is 12.2. The number of hydrogen-bond donors (Lipinski definition) is 0. The quantitative estimate of drug-likeness (QED) is 0.711. The van der Waals surface area contributed by atoms with Gasteiger partial charge in [-0.05, 0) is 12.1 Å². The van der Waals surface area contributed by atoms with Gasteiger partial charge in [-0.15, -0.1) is 0 Å². The van der Waals surface area contributed by atoms with E-state index in [0.29, 0.717) is 11.5 Å². The van der Waals surface area contributed by atoms with E-state index < -0.39 is 32.3 Å².